The maximum absolute atomic E-state index is 5.48. The molecule has 0 amide bonds. The molecule has 0 bridgehead atoms. The molecule has 1 rings (SSSR count). The fraction of sp³-hybridized carbons (Fsp3) is 0.636. The van der Waals surface area contributed by atoms with Gasteiger partial charge in [-0.25, -0.2) is 0 Å². The van der Waals surface area contributed by atoms with E-state index in [-0.39, 0.29) is 0 Å². The molecule has 0 saturated carbocycles. The molecule has 1 N–H and O–H groups in total. The highest BCUT2D eigenvalue weighted by molar-refractivity contribution is 7.11. The standard InChI is InChI=1S/C11H19NO2S/c1-3-13-6-7-14-9-11-5-4-10(15-11)8-12-2/h4-5,12H,3,6-9H2,1-2H3. The molecule has 15 heavy (non-hydrogen) atoms. The van der Waals surface area contributed by atoms with Crippen molar-refractivity contribution in [2.75, 3.05) is 26.9 Å². The number of hydrogen-bond acceptors (Lipinski definition) is 4. The first kappa shape index (κ1) is 12.6. The highest BCUT2D eigenvalue weighted by Gasteiger charge is 1.99. The van der Waals surface area contributed by atoms with Crippen molar-refractivity contribution in [2.45, 2.75) is 20.1 Å². The molecule has 0 atom stereocenters. The van der Waals surface area contributed by atoms with Crippen molar-refractivity contribution < 1.29 is 9.47 Å². The number of ether oxygens (including phenoxy) is 2. The van der Waals surface area contributed by atoms with Gasteiger partial charge < -0.3 is 14.8 Å². The molecule has 1 aromatic rings. The van der Waals surface area contributed by atoms with Crippen molar-refractivity contribution in [3.05, 3.63) is 21.9 Å². The van der Waals surface area contributed by atoms with Crippen LogP contribution in [0.25, 0.3) is 0 Å². The molecular weight excluding hydrogens is 210 g/mol. The largest absolute Gasteiger partial charge is 0.379 e. The normalized spacial score (nSPS) is 10.8. The lowest BCUT2D eigenvalue weighted by atomic mass is 10.4. The molecular formula is C11H19NO2S. The fourth-order valence-corrected chi connectivity index (χ4v) is 2.17. The lowest BCUT2D eigenvalue weighted by molar-refractivity contribution is 0.0462. The minimum absolute atomic E-state index is 0.674. The Hall–Kier alpha value is -0.420. The van der Waals surface area contributed by atoms with E-state index in [1.807, 2.05) is 14.0 Å². The summed E-state index contributed by atoms with van der Waals surface area (Å²) in [5, 5.41) is 3.13. The highest BCUT2D eigenvalue weighted by atomic mass is 32.1. The fourth-order valence-electron chi connectivity index (χ4n) is 1.20. The molecule has 0 aromatic carbocycles. The smallest absolute Gasteiger partial charge is 0.0810 e. The molecule has 1 aromatic heterocycles. The van der Waals surface area contributed by atoms with Gasteiger partial charge in [0, 0.05) is 22.9 Å². The van der Waals surface area contributed by atoms with Gasteiger partial charge in [0.05, 0.1) is 19.8 Å². The van der Waals surface area contributed by atoms with Gasteiger partial charge in [-0.2, -0.15) is 0 Å². The summed E-state index contributed by atoms with van der Waals surface area (Å²) >= 11 is 1.79. The van der Waals surface area contributed by atoms with Crippen molar-refractivity contribution in [1.82, 2.24) is 5.32 Å². The Morgan fingerprint density at radius 3 is 2.67 bits per heavy atom. The number of hydrogen-bond donors (Lipinski definition) is 1. The zero-order valence-corrected chi connectivity index (χ0v) is 10.2. The Bertz CT molecular complexity index is 263. The van der Waals surface area contributed by atoms with Gasteiger partial charge in [-0.05, 0) is 26.1 Å². The summed E-state index contributed by atoms with van der Waals surface area (Å²) in [5.41, 5.74) is 0. The summed E-state index contributed by atoms with van der Waals surface area (Å²) in [7, 11) is 1.96. The van der Waals surface area contributed by atoms with E-state index in [0.29, 0.717) is 19.8 Å². The van der Waals surface area contributed by atoms with Crippen molar-refractivity contribution >= 4 is 11.3 Å². The van der Waals surface area contributed by atoms with Crippen molar-refractivity contribution in [2.24, 2.45) is 0 Å². The Balaban J connectivity index is 2.14. The summed E-state index contributed by atoms with van der Waals surface area (Å²) < 4.78 is 10.7. The molecule has 0 aliphatic carbocycles. The average Bonchev–Trinajstić information content (AvgIpc) is 2.66. The maximum atomic E-state index is 5.48. The van der Waals surface area contributed by atoms with E-state index in [1.165, 1.54) is 9.75 Å². The van der Waals surface area contributed by atoms with Crippen LogP contribution in [0, 0.1) is 0 Å². The minimum Gasteiger partial charge on any atom is -0.379 e. The van der Waals surface area contributed by atoms with Crippen molar-refractivity contribution in [3.63, 3.8) is 0 Å². The second-order valence-electron chi connectivity index (χ2n) is 3.15. The second kappa shape index (κ2) is 7.82. The first-order chi connectivity index (χ1) is 7.36. The Labute approximate surface area is 95.4 Å². The quantitative estimate of drug-likeness (QED) is 0.692. The van der Waals surface area contributed by atoms with Crippen LogP contribution in [0.5, 0.6) is 0 Å². The van der Waals surface area contributed by atoms with E-state index in [4.69, 9.17) is 9.47 Å². The minimum atomic E-state index is 0.674. The third-order valence-electron chi connectivity index (χ3n) is 1.89. The molecule has 0 unspecified atom stereocenters. The third-order valence-corrected chi connectivity index (χ3v) is 2.95. The number of nitrogens with one attached hydrogen (secondary N) is 1. The summed E-state index contributed by atoms with van der Waals surface area (Å²) in [6, 6.07) is 4.26. The van der Waals surface area contributed by atoms with E-state index < -0.39 is 0 Å². The van der Waals surface area contributed by atoms with E-state index >= 15 is 0 Å². The van der Waals surface area contributed by atoms with Gasteiger partial charge in [-0.3, -0.25) is 0 Å². The lowest BCUT2D eigenvalue weighted by Gasteiger charge is -2.02. The van der Waals surface area contributed by atoms with Gasteiger partial charge >= 0.3 is 0 Å². The molecule has 86 valence electrons. The van der Waals surface area contributed by atoms with Gasteiger partial charge in [0.1, 0.15) is 0 Å². The monoisotopic (exact) mass is 229 g/mol. The van der Waals surface area contributed by atoms with Gasteiger partial charge in [-0.1, -0.05) is 0 Å². The molecule has 1 heterocycles. The first-order valence-corrected chi connectivity index (χ1v) is 6.06. The Kier molecular flexibility index (Phi) is 6.59. The van der Waals surface area contributed by atoms with Crippen molar-refractivity contribution in [1.29, 1.82) is 0 Å². The molecule has 0 aliphatic heterocycles. The predicted molar refractivity (Wildman–Crippen MR) is 63.2 cm³/mol. The summed E-state index contributed by atoms with van der Waals surface area (Å²) in [6.45, 7) is 5.74. The van der Waals surface area contributed by atoms with E-state index in [9.17, 15) is 0 Å². The zero-order valence-electron chi connectivity index (χ0n) is 9.41. The molecule has 4 heteroatoms. The van der Waals surface area contributed by atoms with Crippen LogP contribution < -0.4 is 5.32 Å². The van der Waals surface area contributed by atoms with Crippen LogP contribution in [-0.2, 0) is 22.6 Å². The van der Waals surface area contributed by atoms with E-state index in [0.717, 1.165) is 13.2 Å². The second-order valence-corrected chi connectivity index (χ2v) is 4.40. The van der Waals surface area contributed by atoms with Crippen LogP contribution in [-0.4, -0.2) is 26.9 Å². The predicted octanol–water partition coefficient (Wildman–Crippen LogP) is 2.02. The van der Waals surface area contributed by atoms with Crippen LogP contribution in [0.2, 0.25) is 0 Å². The SMILES string of the molecule is CCOCCOCc1ccc(CNC)s1. The van der Waals surface area contributed by atoms with Crippen LogP contribution in [0.15, 0.2) is 12.1 Å². The van der Waals surface area contributed by atoms with Crippen LogP contribution in [0.3, 0.4) is 0 Å². The first-order valence-electron chi connectivity index (χ1n) is 5.24. The zero-order chi connectivity index (χ0) is 10.9. The number of rotatable bonds is 8. The average molecular weight is 229 g/mol. The highest BCUT2D eigenvalue weighted by Crippen LogP contribution is 2.16. The van der Waals surface area contributed by atoms with Gasteiger partial charge in [-0.15, -0.1) is 11.3 Å². The van der Waals surface area contributed by atoms with Crippen LogP contribution in [0.1, 0.15) is 16.7 Å². The summed E-state index contributed by atoms with van der Waals surface area (Å²) in [4.78, 5) is 2.62. The number of thiophene rings is 1. The lowest BCUT2D eigenvalue weighted by Crippen LogP contribution is -2.03. The van der Waals surface area contributed by atoms with E-state index in [2.05, 4.69) is 17.4 Å². The molecule has 0 radical (unpaired) electrons. The molecule has 3 nitrogen and oxygen atoms in total. The molecule has 0 spiro atoms. The van der Waals surface area contributed by atoms with Crippen molar-refractivity contribution in [3.8, 4) is 0 Å². The molecule has 0 aliphatic rings. The molecule has 0 fully saturated rings. The van der Waals surface area contributed by atoms with Gasteiger partial charge in [0.15, 0.2) is 0 Å². The van der Waals surface area contributed by atoms with Gasteiger partial charge in [0.25, 0.3) is 0 Å². The van der Waals surface area contributed by atoms with Gasteiger partial charge in [0.2, 0.25) is 0 Å². The van der Waals surface area contributed by atoms with Crippen LogP contribution >= 0.6 is 11.3 Å². The maximum Gasteiger partial charge on any atom is 0.0810 e. The summed E-state index contributed by atoms with van der Waals surface area (Å²) in [6.07, 6.45) is 0. The van der Waals surface area contributed by atoms with E-state index in [1.54, 1.807) is 11.3 Å². The third kappa shape index (κ3) is 5.28. The molecule has 0 saturated heterocycles. The Morgan fingerprint density at radius 1 is 1.20 bits per heavy atom. The van der Waals surface area contributed by atoms with Crippen LogP contribution in [0.4, 0.5) is 0 Å². The Morgan fingerprint density at radius 2 is 1.93 bits per heavy atom. The topological polar surface area (TPSA) is 30.5 Å². The summed E-state index contributed by atoms with van der Waals surface area (Å²) in [5.74, 6) is 0.